The summed E-state index contributed by atoms with van der Waals surface area (Å²) in [7, 11) is 0. The van der Waals surface area contributed by atoms with Gasteiger partial charge >= 0.3 is 0 Å². The molecule has 0 unspecified atom stereocenters. The van der Waals surface area contributed by atoms with Gasteiger partial charge < -0.3 is 4.74 Å². The van der Waals surface area contributed by atoms with E-state index in [1.165, 1.54) is 0 Å². The van der Waals surface area contributed by atoms with Crippen molar-refractivity contribution in [2.24, 2.45) is 0 Å². The fourth-order valence-electron chi connectivity index (χ4n) is 0.707. The van der Waals surface area contributed by atoms with Gasteiger partial charge in [-0.1, -0.05) is 6.08 Å². The van der Waals surface area contributed by atoms with E-state index in [4.69, 9.17) is 4.74 Å². The van der Waals surface area contributed by atoms with Crippen molar-refractivity contribution in [1.82, 2.24) is 0 Å². The maximum Gasteiger partial charge on any atom is 0.115 e. The molecule has 1 heteroatoms. The SMILES string of the molecule is CC=CC(=CC)OC(C)(C)C. The smallest absolute Gasteiger partial charge is 0.115 e. The highest BCUT2D eigenvalue weighted by molar-refractivity contribution is 5.10. The zero-order valence-electron chi connectivity index (χ0n) is 8.14. The first-order chi connectivity index (χ1) is 4.99. The predicted octanol–water partition coefficient (Wildman–Crippen LogP) is 3.28. The Bertz CT molecular complexity index is 158. The Morgan fingerprint density at radius 2 is 1.73 bits per heavy atom. The maximum absolute atomic E-state index is 5.60. The molecule has 0 aromatic rings. The van der Waals surface area contributed by atoms with Gasteiger partial charge in [0.2, 0.25) is 0 Å². The van der Waals surface area contributed by atoms with E-state index in [-0.39, 0.29) is 5.60 Å². The molecule has 0 aliphatic carbocycles. The molecule has 11 heavy (non-hydrogen) atoms. The lowest BCUT2D eigenvalue weighted by Gasteiger charge is -2.21. The normalized spacial score (nSPS) is 14.1. The van der Waals surface area contributed by atoms with Gasteiger partial charge in [-0.05, 0) is 46.8 Å². The number of hydrogen-bond donors (Lipinski definition) is 0. The van der Waals surface area contributed by atoms with Crippen LogP contribution in [0.1, 0.15) is 34.6 Å². The first-order valence-corrected chi connectivity index (χ1v) is 3.97. The van der Waals surface area contributed by atoms with Gasteiger partial charge in [0, 0.05) is 0 Å². The Hall–Kier alpha value is -0.720. The van der Waals surface area contributed by atoms with Crippen LogP contribution in [0.4, 0.5) is 0 Å². The summed E-state index contributed by atoms with van der Waals surface area (Å²) in [5.41, 5.74) is -0.0959. The fourth-order valence-corrected chi connectivity index (χ4v) is 0.707. The van der Waals surface area contributed by atoms with Crippen LogP contribution in [0.25, 0.3) is 0 Å². The van der Waals surface area contributed by atoms with Gasteiger partial charge in [0.25, 0.3) is 0 Å². The summed E-state index contributed by atoms with van der Waals surface area (Å²) in [5, 5.41) is 0. The summed E-state index contributed by atoms with van der Waals surface area (Å²) in [4.78, 5) is 0. The number of allylic oxidation sites excluding steroid dienone is 3. The van der Waals surface area contributed by atoms with Crippen molar-refractivity contribution in [3.8, 4) is 0 Å². The van der Waals surface area contributed by atoms with E-state index < -0.39 is 0 Å². The molecule has 0 N–H and O–H groups in total. The standard InChI is InChI=1S/C10H18O/c1-6-8-9(7-2)11-10(3,4)5/h6-8H,1-5H3. The highest BCUT2D eigenvalue weighted by atomic mass is 16.5. The zero-order chi connectivity index (χ0) is 8.91. The van der Waals surface area contributed by atoms with Crippen LogP contribution in [0, 0.1) is 0 Å². The lowest BCUT2D eigenvalue weighted by atomic mass is 10.2. The van der Waals surface area contributed by atoms with Crippen LogP contribution < -0.4 is 0 Å². The molecule has 0 aromatic heterocycles. The Kier molecular flexibility index (Phi) is 3.94. The number of hydrogen-bond acceptors (Lipinski definition) is 1. The monoisotopic (exact) mass is 154 g/mol. The van der Waals surface area contributed by atoms with Gasteiger partial charge in [0.05, 0.1) is 0 Å². The van der Waals surface area contributed by atoms with Gasteiger partial charge in [0.1, 0.15) is 11.4 Å². The molecule has 0 bridgehead atoms. The Labute approximate surface area is 69.8 Å². The Morgan fingerprint density at radius 3 is 2.00 bits per heavy atom. The quantitative estimate of drug-likeness (QED) is 0.438. The second-order valence-electron chi connectivity index (χ2n) is 3.41. The van der Waals surface area contributed by atoms with Crippen LogP contribution in [0.3, 0.4) is 0 Å². The second kappa shape index (κ2) is 4.22. The number of rotatable bonds is 2. The summed E-state index contributed by atoms with van der Waals surface area (Å²) in [5.74, 6) is 0.931. The van der Waals surface area contributed by atoms with E-state index in [9.17, 15) is 0 Å². The molecular formula is C10H18O. The molecule has 0 amide bonds. The van der Waals surface area contributed by atoms with Gasteiger partial charge in [-0.2, -0.15) is 0 Å². The predicted molar refractivity (Wildman–Crippen MR) is 49.4 cm³/mol. The zero-order valence-corrected chi connectivity index (χ0v) is 8.14. The van der Waals surface area contributed by atoms with Gasteiger partial charge in [-0.3, -0.25) is 0 Å². The van der Waals surface area contributed by atoms with Gasteiger partial charge in [-0.15, -0.1) is 0 Å². The molecular weight excluding hydrogens is 136 g/mol. The van der Waals surface area contributed by atoms with E-state index in [0.717, 1.165) is 5.76 Å². The number of ether oxygens (including phenoxy) is 1. The molecule has 64 valence electrons. The summed E-state index contributed by atoms with van der Waals surface area (Å²) in [6.07, 6.45) is 5.90. The second-order valence-corrected chi connectivity index (χ2v) is 3.41. The summed E-state index contributed by atoms with van der Waals surface area (Å²) >= 11 is 0. The molecule has 0 atom stereocenters. The summed E-state index contributed by atoms with van der Waals surface area (Å²) < 4.78 is 5.60. The third-order valence-electron chi connectivity index (χ3n) is 1.04. The van der Waals surface area contributed by atoms with Crippen molar-refractivity contribution in [3.05, 3.63) is 24.0 Å². The summed E-state index contributed by atoms with van der Waals surface area (Å²) in [6.45, 7) is 10.1. The minimum atomic E-state index is -0.0959. The third-order valence-corrected chi connectivity index (χ3v) is 1.04. The molecule has 0 heterocycles. The van der Waals surface area contributed by atoms with Crippen molar-refractivity contribution < 1.29 is 4.74 Å². The molecule has 0 aromatic carbocycles. The topological polar surface area (TPSA) is 9.23 Å². The van der Waals surface area contributed by atoms with Crippen molar-refractivity contribution in [3.63, 3.8) is 0 Å². The van der Waals surface area contributed by atoms with E-state index in [0.29, 0.717) is 0 Å². The van der Waals surface area contributed by atoms with E-state index in [1.54, 1.807) is 0 Å². The molecule has 0 aliphatic rings. The van der Waals surface area contributed by atoms with E-state index in [1.807, 2.05) is 52.8 Å². The first-order valence-electron chi connectivity index (χ1n) is 3.97. The Morgan fingerprint density at radius 1 is 1.18 bits per heavy atom. The molecule has 0 saturated carbocycles. The van der Waals surface area contributed by atoms with Crippen LogP contribution in [0.5, 0.6) is 0 Å². The molecule has 1 nitrogen and oxygen atoms in total. The van der Waals surface area contributed by atoms with Crippen LogP contribution in [0.15, 0.2) is 24.0 Å². The average Bonchev–Trinajstić information content (AvgIpc) is 1.84. The maximum atomic E-state index is 5.60. The minimum absolute atomic E-state index is 0.0959. The lowest BCUT2D eigenvalue weighted by molar-refractivity contribution is 0.0597. The minimum Gasteiger partial charge on any atom is -0.489 e. The van der Waals surface area contributed by atoms with Crippen LogP contribution in [-0.4, -0.2) is 5.60 Å². The van der Waals surface area contributed by atoms with Crippen molar-refractivity contribution >= 4 is 0 Å². The van der Waals surface area contributed by atoms with Crippen LogP contribution in [0.2, 0.25) is 0 Å². The Balaban J connectivity index is 4.12. The molecule has 0 saturated heterocycles. The molecule has 0 spiro atoms. The van der Waals surface area contributed by atoms with Crippen molar-refractivity contribution in [2.75, 3.05) is 0 Å². The average molecular weight is 154 g/mol. The highest BCUT2D eigenvalue weighted by Crippen LogP contribution is 2.13. The lowest BCUT2D eigenvalue weighted by Crippen LogP contribution is -2.17. The fraction of sp³-hybridized carbons (Fsp3) is 0.600. The van der Waals surface area contributed by atoms with Crippen LogP contribution in [-0.2, 0) is 4.74 Å². The van der Waals surface area contributed by atoms with Gasteiger partial charge in [0.15, 0.2) is 0 Å². The van der Waals surface area contributed by atoms with Crippen molar-refractivity contribution in [1.29, 1.82) is 0 Å². The molecule has 0 fully saturated rings. The van der Waals surface area contributed by atoms with E-state index >= 15 is 0 Å². The molecule has 0 aliphatic heterocycles. The highest BCUT2D eigenvalue weighted by Gasteiger charge is 2.10. The molecule has 0 radical (unpaired) electrons. The van der Waals surface area contributed by atoms with Gasteiger partial charge in [-0.25, -0.2) is 0 Å². The van der Waals surface area contributed by atoms with Crippen molar-refractivity contribution in [2.45, 2.75) is 40.2 Å². The first kappa shape index (κ1) is 10.3. The molecule has 0 rings (SSSR count). The van der Waals surface area contributed by atoms with E-state index in [2.05, 4.69) is 0 Å². The third kappa shape index (κ3) is 5.71. The largest absolute Gasteiger partial charge is 0.489 e. The summed E-state index contributed by atoms with van der Waals surface area (Å²) in [6, 6.07) is 0. The van der Waals surface area contributed by atoms with Crippen LogP contribution >= 0.6 is 0 Å².